The zero-order valence-electron chi connectivity index (χ0n) is 31.8. The van der Waals surface area contributed by atoms with Gasteiger partial charge in [-0.3, -0.25) is 9.69 Å². The van der Waals surface area contributed by atoms with E-state index in [2.05, 4.69) is 81.1 Å². The van der Waals surface area contributed by atoms with Gasteiger partial charge in [0.05, 0.1) is 17.7 Å². The summed E-state index contributed by atoms with van der Waals surface area (Å²) in [6.45, 7) is 14.0. The fourth-order valence-electron chi connectivity index (χ4n) is 7.74. The van der Waals surface area contributed by atoms with E-state index in [1.165, 1.54) is 0 Å². The number of rotatable bonds is 16. The van der Waals surface area contributed by atoms with Gasteiger partial charge in [0.1, 0.15) is 59.5 Å². The maximum atomic E-state index is 12.1. The van der Waals surface area contributed by atoms with E-state index in [9.17, 15) is 9.90 Å². The van der Waals surface area contributed by atoms with Crippen LogP contribution < -0.4 is 14.2 Å². The molecular weight excluding hydrogens is 815 g/mol. The molecule has 10 heteroatoms. The van der Waals surface area contributed by atoms with Crippen LogP contribution in [0.25, 0.3) is 11.1 Å². The average molecular weight is 867 g/mol. The molecule has 0 bridgehead atoms. The molecule has 0 saturated carbocycles. The third kappa shape index (κ3) is 9.90. The van der Waals surface area contributed by atoms with E-state index in [0.717, 1.165) is 101 Å². The number of aryl methyl sites for hydroxylation is 2. The number of aliphatic carboxylic acids is 1. The number of hydrogen-bond acceptors (Lipinski definition) is 7. The highest BCUT2D eigenvalue weighted by atomic mass is 127. The van der Waals surface area contributed by atoms with Gasteiger partial charge in [-0.2, -0.15) is 0 Å². The van der Waals surface area contributed by atoms with Crippen LogP contribution in [0.1, 0.15) is 71.0 Å². The summed E-state index contributed by atoms with van der Waals surface area (Å²) in [7, 11) is 0. The summed E-state index contributed by atoms with van der Waals surface area (Å²) in [5.41, 5.74) is 9.84. The molecule has 0 spiro atoms. The third-order valence-electron chi connectivity index (χ3n) is 11.0. The lowest BCUT2D eigenvalue weighted by atomic mass is 9.93. The highest BCUT2D eigenvalue weighted by molar-refractivity contribution is 14.1. The summed E-state index contributed by atoms with van der Waals surface area (Å²) in [6.07, 6.45) is 4.89. The number of carboxylic acids is 1. The van der Waals surface area contributed by atoms with Crippen molar-refractivity contribution in [2.45, 2.75) is 91.7 Å². The molecule has 8 nitrogen and oxygen atoms in total. The Labute approximate surface area is 339 Å². The molecule has 2 saturated heterocycles. The van der Waals surface area contributed by atoms with E-state index in [0.29, 0.717) is 62.0 Å². The predicted octanol–water partition coefficient (Wildman–Crippen LogP) is 10.0. The summed E-state index contributed by atoms with van der Waals surface area (Å²) in [5, 5.41) is 10.4. The van der Waals surface area contributed by atoms with Crippen LogP contribution in [0.15, 0.2) is 66.7 Å². The van der Waals surface area contributed by atoms with Gasteiger partial charge in [0.15, 0.2) is 0 Å². The van der Waals surface area contributed by atoms with Crippen molar-refractivity contribution in [3.8, 4) is 28.4 Å². The first-order valence-corrected chi connectivity index (χ1v) is 20.3. The average Bonchev–Trinajstić information content (AvgIpc) is 3.63. The molecule has 4 aromatic rings. The maximum Gasteiger partial charge on any atom is 0.320 e. The van der Waals surface area contributed by atoms with Gasteiger partial charge in [-0.05, 0) is 117 Å². The van der Waals surface area contributed by atoms with Gasteiger partial charge in [-0.25, -0.2) is 0 Å². The Hall–Kier alpha value is -3.35. The first kappa shape index (κ1) is 40.3. The van der Waals surface area contributed by atoms with Crippen molar-refractivity contribution in [1.29, 1.82) is 0 Å². The second-order valence-electron chi connectivity index (χ2n) is 14.7. The van der Waals surface area contributed by atoms with E-state index in [4.69, 9.17) is 28.9 Å². The van der Waals surface area contributed by atoms with E-state index in [1.807, 2.05) is 46.1 Å². The maximum absolute atomic E-state index is 12.1. The minimum absolute atomic E-state index is 0.317. The number of ether oxygens (including phenoxy) is 3. The molecule has 288 valence electrons. The van der Waals surface area contributed by atoms with Crippen molar-refractivity contribution in [2.75, 3.05) is 32.8 Å². The number of carbonyl (C=O) groups is 1. The normalized spacial score (nSPS) is 17.8. The first-order valence-electron chi connectivity index (χ1n) is 19.0. The number of carboxylic acid groups (broad SMARTS) is 1. The largest absolute Gasteiger partial charge is 0.493 e. The van der Waals surface area contributed by atoms with Crippen molar-refractivity contribution >= 4 is 40.6 Å². The minimum atomic E-state index is -0.792. The van der Waals surface area contributed by atoms with Gasteiger partial charge < -0.3 is 27.3 Å². The predicted molar refractivity (Wildman–Crippen MR) is 223 cm³/mol. The van der Waals surface area contributed by atoms with E-state index >= 15 is 0 Å². The van der Waals surface area contributed by atoms with Crippen LogP contribution in [0.3, 0.4) is 0 Å². The van der Waals surface area contributed by atoms with Crippen molar-refractivity contribution in [2.24, 2.45) is 0 Å². The Morgan fingerprint density at radius 1 is 0.815 bits per heavy atom. The van der Waals surface area contributed by atoms with Gasteiger partial charge in [0, 0.05) is 37.8 Å². The lowest BCUT2D eigenvalue weighted by Crippen LogP contribution is -2.44. The third-order valence-corrected chi connectivity index (χ3v) is 12.1. The van der Waals surface area contributed by atoms with Crippen molar-refractivity contribution in [3.63, 3.8) is 0 Å². The number of hydrogen-bond donors (Lipinski definition) is 1. The Bertz CT molecular complexity index is 1900. The standard InChI is InChI=1S/C44H52ClIN2O6/c1-29-11-7-12-30(2)38(29)28-53-42-24-43(39(45)23-34(42)25-48-20-6-5-16-40(48)44(49)50)52-27-33-13-8-14-36(31(33)3)37-15-9-17-41(32(37)4)51-22-10-19-47-21-18-35(26-47)54-46/h7-9,11-15,17,23-24,35,40H,5-6,10,16,18-22,25-28H2,1-4H3,(H,49,50)/t35-,40+/m1/s1. The molecule has 2 atom stereocenters. The Morgan fingerprint density at radius 3 is 2.28 bits per heavy atom. The van der Waals surface area contributed by atoms with Crippen molar-refractivity contribution in [1.82, 2.24) is 9.80 Å². The van der Waals surface area contributed by atoms with Crippen LogP contribution in [0, 0.1) is 27.7 Å². The monoisotopic (exact) mass is 866 g/mol. The molecule has 54 heavy (non-hydrogen) atoms. The Kier molecular flexibility index (Phi) is 14.2. The van der Waals surface area contributed by atoms with Gasteiger partial charge in [0.2, 0.25) is 0 Å². The molecule has 0 amide bonds. The molecule has 2 fully saturated rings. The highest BCUT2D eigenvalue weighted by Gasteiger charge is 2.29. The molecular formula is C44H52ClIN2O6. The van der Waals surface area contributed by atoms with Crippen molar-refractivity contribution in [3.05, 3.63) is 111 Å². The summed E-state index contributed by atoms with van der Waals surface area (Å²) in [4.78, 5) is 16.6. The number of likely N-dealkylation sites (tertiary alicyclic amines) is 2. The summed E-state index contributed by atoms with van der Waals surface area (Å²) in [6, 6.07) is 22.0. The van der Waals surface area contributed by atoms with Crippen LogP contribution in [0.5, 0.6) is 17.2 Å². The van der Waals surface area contributed by atoms with Crippen LogP contribution in [0.4, 0.5) is 0 Å². The fourth-order valence-corrected chi connectivity index (χ4v) is 8.40. The van der Waals surface area contributed by atoms with E-state index in [1.54, 1.807) is 0 Å². The van der Waals surface area contributed by atoms with Crippen LogP contribution in [-0.2, 0) is 27.6 Å². The smallest absolute Gasteiger partial charge is 0.320 e. The molecule has 2 aliphatic rings. The molecule has 4 aromatic carbocycles. The molecule has 2 heterocycles. The number of nitrogens with zero attached hydrogens (tertiary/aromatic N) is 2. The molecule has 2 aliphatic heterocycles. The SMILES string of the molecule is Cc1cccc(C)c1COc1cc(OCc2cccc(-c3cccc(OCCCN4CC[C@@H](OI)C4)c3C)c2C)c(Cl)cc1CN1CCCC[C@H]1C(=O)O. The highest BCUT2D eigenvalue weighted by Crippen LogP contribution is 2.37. The van der Waals surface area contributed by atoms with E-state index in [-0.39, 0.29) is 0 Å². The fraction of sp³-hybridized carbons (Fsp3) is 0.432. The Morgan fingerprint density at radius 2 is 1.54 bits per heavy atom. The van der Waals surface area contributed by atoms with Gasteiger partial charge in [-0.1, -0.05) is 66.6 Å². The topological polar surface area (TPSA) is 80.7 Å². The Balaban J connectivity index is 1.18. The van der Waals surface area contributed by atoms with Crippen molar-refractivity contribution < 1.29 is 27.2 Å². The van der Waals surface area contributed by atoms with Crippen LogP contribution >= 0.6 is 34.6 Å². The lowest BCUT2D eigenvalue weighted by Gasteiger charge is -2.33. The minimum Gasteiger partial charge on any atom is -0.493 e. The summed E-state index contributed by atoms with van der Waals surface area (Å²) in [5.74, 6) is 1.28. The first-order chi connectivity index (χ1) is 26.1. The number of piperidine rings is 1. The van der Waals surface area contributed by atoms with Gasteiger partial charge in [0.25, 0.3) is 0 Å². The number of benzene rings is 4. The second-order valence-corrected chi connectivity index (χ2v) is 15.6. The van der Waals surface area contributed by atoms with Crippen LogP contribution in [0.2, 0.25) is 5.02 Å². The number of halogens is 2. The lowest BCUT2D eigenvalue weighted by molar-refractivity contribution is -0.144. The van der Waals surface area contributed by atoms with Crippen LogP contribution in [-0.4, -0.2) is 65.8 Å². The van der Waals surface area contributed by atoms with Gasteiger partial charge >= 0.3 is 5.97 Å². The molecule has 1 N–H and O–H groups in total. The van der Waals surface area contributed by atoms with E-state index < -0.39 is 12.0 Å². The zero-order valence-corrected chi connectivity index (χ0v) is 34.8. The molecule has 0 radical (unpaired) electrons. The molecule has 6 rings (SSSR count). The zero-order chi connectivity index (χ0) is 38.2. The molecule has 0 aliphatic carbocycles. The van der Waals surface area contributed by atoms with Gasteiger partial charge in [-0.15, -0.1) is 0 Å². The summed E-state index contributed by atoms with van der Waals surface area (Å²) >= 11 is 8.93. The quantitative estimate of drug-likeness (QED) is 0.0882. The second kappa shape index (κ2) is 19.0. The summed E-state index contributed by atoms with van der Waals surface area (Å²) < 4.78 is 24.8. The molecule has 0 aromatic heterocycles. The molecule has 0 unspecified atom stereocenters.